The van der Waals surface area contributed by atoms with E-state index in [1.54, 1.807) is 25.3 Å². The smallest absolute Gasteiger partial charge is 0.385 e. The third kappa shape index (κ3) is 4.03. The Kier molecular flexibility index (Phi) is 6.01. The molecular formula is C21H20BrN4O4+. The Hall–Kier alpha value is -2.91. The molecule has 1 aliphatic carbocycles. The van der Waals surface area contributed by atoms with Crippen LogP contribution in [0.5, 0.6) is 0 Å². The Morgan fingerprint density at radius 3 is 2.97 bits per heavy atom. The quantitative estimate of drug-likeness (QED) is 0.455. The van der Waals surface area contributed by atoms with Crippen LogP contribution >= 0.6 is 15.9 Å². The Labute approximate surface area is 181 Å². The van der Waals surface area contributed by atoms with Gasteiger partial charge in [0.15, 0.2) is 6.54 Å². The molecule has 2 aromatic rings. The molecule has 3 amide bonds. The average molecular weight is 472 g/mol. The predicted octanol–water partition coefficient (Wildman–Crippen LogP) is 3.19. The number of nitrogens with zero attached hydrogens (tertiary/aromatic N) is 4. The van der Waals surface area contributed by atoms with Gasteiger partial charge in [-0.1, -0.05) is 51.4 Å². The zero-order valence-electron chi connectivity index (χ0n) is 16.3. The number of amides is 3. The number of urea groups is 1. The number of carbonyl (C=O) groups excluding carboxylic acids is 2. The van der Waals surface area contributed by atoms with Crippen molar-refractivity contribution >= 4 is 33.6 Å². The van der Waals surface area contributed by atoms with E-state index >= 15 is 0 Å². The zero-order chi connectivity index (χ0) is 21.1. The second-order valence-corrected chi connectivity index (χ2v) is 7.79. The van der Waals surface area contributed by atoms with E-state index in [4.69, 9.17) is 9.26 Å². The molecule has 9 heteroatoms. The molecule has 154 valence electrons. The summed E-state index contributed by atoms with van der Waals surface area (Å²) in [5.41, 5.74) is 1.41. The Morgan fingerprint density at radius 2 is 2.17 bits per heavy atom. The van der Waals surface area contributed by atoms with Crippen LogP contribution in [0.4, 0.5) is 4.79 Å². The van der Waals surface area contributed by atoms with E-state index in [0.29, 0.717) is 30.5 Å². The molecule has 0 spiro atoms. The summed E-state index contributed by atoms with van der Waals surface area (Å²) in [6, 6.07) is 7.15. The van der Waals surface area contributed by atoms with Crippen molar-refractivity contribution in [2.75, 3.05) is 20.3 Å². The number of hydrogen-bond donors (Lipinski definition) is 0. The van der Waals surface area contributed by atoms with Crippen molar-refractivity contribution in [3.63, 3.8) is 0 Å². The number of fused-ring (bicyclic) bond motifs is 1. The molecule has 30 heavy (non-hydrogen) atoms. The summed E-state index contributed by atoms with van der Waals surface area (Å²) in [6.45, 7) is 0.835. The fraction of sp³-hybridized carbons (Fsp3) is 0.286. The van der Waals surface area contributed by atoms with Crippen molar-refractivity contribution in [2.24, 2.45) is 5.92 Å². The van der Waals surface area contributed by atoms with Crippen LogP contribution in [0.1, 0.15) is 12.3 Å². The first-order valence-electron chi connectivity index (χ1n) is 9.50. The van der Waals surface area contributed by atoms with Crippen molar-refractivity contribution in [1.29, 1.82) is 0 Å². The summed E-state index contributed by atoms with van der Waals surface area (Å²) >= 11 is 3.43. The number of rotatable bonds is 7. The molecular weight excluding hydrogens is 452 g/mol. The number of hydrogen-bond acceptors (Lipinski definition) is 6. The lowest BCUT2D eigenvalue weighted by Crippen LogP contribution is -2.54. The molecule has 1 aromatic heterocycles. The lowest BCUT2D eigenvalue weighted by molar-refractivity contribution is -0.460. The Bertz CT molecular complexity index is 1070. The van der Waals surface area contributed by atoms with Crippen LogP contribution in [0.3, 0.4) is 0 Å². The van der Waals surface area contributed by atoms with Gasteiger partial charge in [-0.25, -0.2) is 4.79 Å². The van der Waals surface area contributed by atoms with Gasteiger partial charge in [0.1, 0.15) is 11.6 Å². The minimum absolute atomic E-state index is 0.0813. The molecule has 0 bridgehead atoms. The van der Waals surface area contributed by atoms with Crippen LogP contribution in [-0.2, 0) is 16.1 Å². The lowest BCUT2D eigenvalue weighted by atomic mass is 9.94. The van der Waals surface area contributed by atoms with Crippen molar-refractivity contribution in [1.82, 2.24) is 15.0 Å². The van der Waals surface area contributed by atoms with Crippen molar-refractivity contribution in [3.8, 4) is 11.4 Å². The summed E-state index contributed by atoms with van der Waals surface area (Å²) in [6.07, 6.45) is 7.75. The summed E-state index contributed by atoms with van der Waals surface area (Å²) in [5.74, 6) is -0.0193. The van der Waals surface area contributed by atoms with Crippen molar-refractivity contribution in [2.45, 2.75) is 13.0 Å². The van der Waals surface area contributed by atoms with Crippen LogP contribution in [0.25, 0.3) is 11.4 Å². The monoisotopic (exact) mass is 471 g/mol. The van der Waals surface area contributed by atoms with Gasteiger partial charge in [-0.3, -0.25) is 0 Å². The summed E-state index contributed by atoms with van der Waals surface area (Å²) < 4.78 is 12.9. The van der Waals surface area contributed by atoms with Gasteiger partial charge in [-0.15, -0.1) is 0 Å². The number of carbonyl (C=O) groups is 2. The highest BCUT2D eigenvalue weighted by molar-refractivity contribution is 9.10. The fourth-order valence-corrected chi connectivity index (χ4v) is 3.85. The third-order valence-corrected chi connectivity index (χ3v) is 5.37. The maximum absolute atomic E-state index is 13.1. The third-order valence-electron chi connectivity index (χ3n) is 4.88. The van der Waals surface area contributed by atoms with Crippen LogP contribution in [0, 0.1) is 5.92 Å². The molecule has 2 aliphatic rings. The molecule has 1 atom stereocenters. The number of halogens is 1. The SMILES string of the molecule is COCCCN1C(=O)C2C=CC=CC2=[N+](Cc2nc(-c3cccc(Br)c3)no2)C1=O. The Balaban J connectivity index is 1.63. The highest BCUT2D eigenvalue weighted by Gasteiger charge is 2.46. The molecule has 8 nitrogen and oxygen atoms in total. The highest BCUT2D eigenvalue weighted by atomic mass is 79.9. The molecule has 0 fully saturated rings. The standard InChI is InChI=1S/C21H20BrN4O4/c1-29-11-5-10-25-20(27)16-8-2-3-9-17(16)26(21(25)28)13-18-23-19(24-30-18)14-6-4-7-15(22)12-14/h2-4,6-9,12,16H,5,10-11,13H2,1H3/q+1. The summed E-state index contributed by atoms with van der Waals surface area (Å²) in [7, 11) is 1.59. The van der Waals surface area contributed by atoms with Gasteiger partial charge in [0.25, 0.3) is 5.89 Å². The van der Waals surface area contributed by atoms with E-state index in [1.165, 1.54) is 9.48 Å². The molecule has 1 aromatic carbocycles. The van der Waals surface area contributed by atoms with Gasteiger partial charge in [-0.05, 0) is 18.2 Å². The van der Waals surface area contributed by atoms with Gasteiger partial charge >= 0.3 is 11.9 Å². The first-order chi connectivity index (χ1) is 14.6. The van der Waals surface area contributed by atoms with Gasteiger partial charge < -0.3 is 9.26 Å². The van der Waals surface area contributed by atoms with Gasteiger partial charge in [0.2, 0.25) is 5.82 Å². The van der Waals surface area contributed by atoms with Gasteiger partial charge in [-0.2, -0.15) is 19.3 Å². The topological polar surface area (TPSA) is 88.5 Å². The minimum Gasteiger partial charge on any atom is -0.385 e. The summed E-state index contributed by atoms with van der Waals surface area (Å²) in [4.78, 5) is 31.7. The second kappa shape index (κ2) is 8.85. The molecule has 0 radical (unpaired) electrons. The largest absolute Gasteiger partial charge is 0.501 e. The van der Waals surface area contributed by atoms with Gasteiger partial charge in [0, 0.05) is 30.2 Å². The number of ether oxygens (including phenoxy) is 1. The van der Waals surface area contributed by atoms with E-state index in [9.17, 15) is 9.59 Å². The average Bonchev–Trinajstić information content (AvgIpc) is 3.22. The number of aromatic nitrogens is 2. The van der Waals surface area contributed by atoms with Crippen LogP contribution in [-0.4, -0.2) is 57.5 Å². The van der Waals surface area contributed by atoms with Crippen LogP contribution in [0.2, 0.25) is 0 Å². The second-order valence-electron chi connectivity index (χ2n) is 6.87. The van der Waals surface area contributed by atoms with E-state index < -0.39 is 11.9 Å². The van der Waals surface area contributed by atoms with E-state index in [0.717, 1.165) is 10.0 Å². The summed E-state index contributed by atoms with van der Waals surface area (Å²) in [5, 5.41) is 4.03. The predicted molar refractivity (Wildman–Crippen MR) is 112 cm³/mol. The maximum atomic E-state index is 13.1. The molecule has 4 rings (SSSR count). The van der Waals surface area contributed by atoms with E-state index in [2.05, 4.69) is 26.1 Å². The number of allylic oxidation sites excluding steroid dienone is 3. The van der Waals surface area contributed by atoms with Crippen LogP contribution in [0.15, 0.2) is 57.6 Å². The van der Waals surface area contributed by atoms with Crippen molar-refractivity contribution < 1.29 is 23.4 Å². The molecule has 0 N–H and O–H groups in total. The van der Waals surface area contributed by atoms with Crippen molar-refractivity contribution in [3.05, 3.63) is 58.9 Å². The molecule has 0 saturated heterocycles. The maximum Gasteiger partial charge on any atom is 0.501 e. The zero-order valence-corrected chi connectivity index (χ0v) is 17.9. The normalized spacial score (nSPS) is 18.3. The van der Waals surface area contributed by atoms with E-state index in [1.807, 2.05) is 30.3 Å². The number of imide groups is 1. The Morgan fingerprint density at radius 1 is 1.30 bits per heavy atom. The molecule has 0 saturated carbocycles. The molecule has 2 heterocycles. The number of benzene rings is 1. The van der Waals surface area contributed by atoms with E-state index in [-0.39, 0.29) is 19.0 Å². The fourth-order valence-electron chi connectivity index (χ4n) is 3.45. The first kappa shape index (κ1) is 20.4. The van der Waals surface area contributed by atoms with Crippen LogP contribution < -0.4 is 0 Å². The molecule has 1 unspecified atom stereocenters. The lowest BCUT2D eigenvalue weighted by Gasteiger charge is -2.26. The number of methoxy groups -OCH3 is 1. The highest BCUT2D eigenvalue weighted by Crippen LogP contribution is 2.23. The van der Waals surface area contributed by atoms with Gasteiger partial charge in [0.05, 0.1) is 6.54 Å². The first-order valence-corrected chi connectivity index (χ1v) is 10.3. The minimum atomic E-state index is -0.511. The molecule has 1 aliphatic heterocycles.